The minimum atomic E-state index is -0.377. The van der Waals surface area contributed by atoms with E-state index in [1.54, 1.807) is 9.80 Å². The van der Waals surface area contributed by atoms with Crippen molar-refractivity contribution >= 4 is 11.8 Å². The van der Waals surface area contributed by atoms with E-state index in [0.29, 0.717) is 31.8 Å². The van der Waals surface area contributed by atoms with Gasteiger partial charge in [-0.3, -0.25) is 19.5 Å². The number of aromatic nitrogens is 1. The Morgan fingerprint density at radius 3 is 2.83 bits per heavy atom. The zero-order valence-corrected chi connectivity index (χ0v) is 13.9. The lowest BCUT2D eigenvalue weighted by Gasteiger charge is -2.34. The number of amides is 2. The molecule has 1 unspecified atom stereocenters. The summed E-state index contributed by atoms with van der Waals surface area (Å²) in [5.41, 5.74) is 7.45. The highest BCUT2D eigenvalue weighted by molar-refractivity contribution is 5.95. The van der Waals surface area contributed by atoms with Gasteiger partial charge in [0.05, 0.1) is 30.5 Å². The molecule has 2 amide bonds. The van der Waals surface area contributed by atoms with Crippen LogP contribution in [0.2, 0.25) is 0 Å². The van der Waals surface area contributed by atoms with Crippen LogP contribution < -0.4 is 5.73 Å². The number of hydrogen-bond acceptors (Lipinski definition) is 5. The Balaban J connectivity index is 2.00. The SMILES string of the molecule is Cc1ccc(C(=O)N2CCOC(CN(C)CC(N)=O)C2)c(C)n1. The van der Waals surface area contributed by atoms with Crippen LogP contribution in [-0.2, 0) is 9.53 Å². The Labute approximate surface area is 136 Å². The van der Waals surface area contributed by atoms with E-state index in [1.807, 2.05) is 33.0 Å². The summed E-state index contributed by atoms with van der Waals surface area (Å²) in [6.45, 7) is 6.02. The van der Waals surface area contributed by atoms with Crippen LogP contribution in [0.1, 0.15) is 21.7 Å². The van der Waals surface area contributed by atoms with Crippen molar-refractivity contribution in [2.75, 3.05) is 39.8 Å². The number of nitrogens with zero attached hydrogens (tertiary/aromatic N) is 3. The third-order valence-electron chi connectivity index (χ3n) is 3.82. The van der Waals surface area contributed by atoms with Gasteiger partial charge in [0.15, 0.2) is 0 Å². The van der Waals surface area contributed by atoms with Crippen LogP contribution in [0, 0.1) is 13.8 Å². The van der Waals surface area contributed by atoms with Crippen molar-refractivity contribution in [2.24, 2.45) is 5.73 Å². The molecule has 1 fully saturated rings. The van der Waals surface area contributed by atoms with E-state index in [9.17, 15) is 9.59 Å². The number of hydrogen-bond donors (Lipinski definition) is 1. The van der Waals surface area contributed by atoms with Crippen molar-refractivity contribution in [3.05, 3.63) is 29.1 Å². The molecule has 1 aromatic heterocycles. The van der Waals surface area contributed by atoms with Crippen LogP contribution in [0.3, 0.4) is 0 Å². The molecule has 0 aromatic carbocycles. The van der Waals surface area contributed by atoms with Gasteiger partial charge in [-0.05, 0) is 33.0 Å². The number of likely N-dealkylation sites (N-methyl/N-ethyl adjacent to an activating group) is 1. The molecule has 2 rings (SSSR count). The number of rotatable bonds is 5. The number of carbonyl (C=O) groups is 2. The van der Waals surface area contributed by atoms with E-state index in [-0.39, 0.29) is 24.5 Å². The number of ether oxygens (including phenoxy) is 1. The van der Waals surface area contributed by atoms with E-state index in [2.05, 4.69) is 4.98 Å². The van der Waals surface area contributed by atoms with Gasteiger partial charge in [-0.25, -0.2) is 0 Å². The van der Waals surface area contributed by atoms with Crippen molar-refractivity contribution in [1.29, 1.82) is 0 Å². The Hall–Kier alpha value is -1.99. The fourth-order valence-electron chi connectivity index (χ4n) is 2.78. The molecule has 7 nitrogen and oxygen atoms in total. The molecule has 2 N–H and O–H groups in total. The summed E-state index contributed by atoms with van der Waals surface area (Å²) in [5, 5.41) is 0. The second-order valence-electron chi connectivity index (χ2n) is 5.99. The molecule has 2 heterocycles. The highest BCUT2D eigenvalue weighted by Crippen LogP contribution is 2.14. The lowest BCUT2D eigenvalue weighted by molar-refractivity contribution is -0.119. The molecule has 0 radical (unpaired) electrons. The van der Waals surface area contributed by atoms with E-state index >= 15 is 0 Å². The fourth-order valence-corrected chi connectivity index (χ4v) is 2.78. The second kappa shape index (κ2) is 7.52. The number of nitrogens with two attached hydrogens (primary N) is 1. The smallest absolute Gasteiger partial charge is 0.255 e. The van der Waals surface area contributed by atoms with Gasteiger partial charge in [0.2, 0.25) is 5.91 Å². The molecule has 1 atom stereocenters. The van der Waals surface area contributed by atoms with Gasteiger partial charge < -0.3 is 15.4 Å². The lowest BCUT2D eigenvalue weighted by atomic mass is 10.1. The first-order valence-corrected chi connectivity index (χ1v) is 7.68. The Bertz CT molecular complexity index is 591. The molecule has 126 valence electrons. The highest BCUT2D eigenvalue weighted by Gasteiger charge is 2.27. The van der Waals surface area contributed by atoms with Crippen LogP contribution in [0.25, 0.3) is 0 Å². The molecular formula is C16H24N4O3. The number of morpholine rings is 1. The van der Waals surface area contributed by atoms with Gasteiger partial charge in [0.25, 0.3) is 5.91 Å². The van der Waals surface area contributed by atoms with Crippen molar-refractivity contribution in [3.63, 3.8) is 0 Å². The van der Waals surface area contributed by atoms with E-state index in [1.165, 1.54) is 0 Å². The summed E-state index contributed by atoms with van der Waals surface area (Å²) in [7, 11) is 1.81. The van der Waals surface area contributed by atoms with Gasteiger partial charge in [-0.15, -0.1) is 0 Å². The molecule has 7 heteroatoms. The molecule has 23 heavy (non-hydrogen) atoms. The minimum Gasteiger partial charge on any atom is -0.373 e. The van der Waals surface area contributed by atoms with E-state index in [4.69, 9.17) is 10.5 Å². The van der Waals surface area contributed by atoms with Gasteiger partial charge in [-0.1, -0.05) is 0 Å². The number of pyridine rings is 1. The van der Waals surface area contributed by atoms with E-state index < -0.39 is 0 Å². The maximum Gasteiger partial charge on any atom is 0.255 e. The quantitative estimate of drug-likeness (QED) is 0.822. The average molecular weight is 320 g/mol. The van der Waals surface area contributed by atoms with Crippen molar-refractivity contribution in [3.8, 4) is 0 Å². The summed E-state index contributed by atoms with van der Waals surface area (Å²) in [6, 6.07) is 3.67. The summed E-state index contributed by atoms with van der Waals surface area (Å²) < 4.78 is 5.69. The summed E-state index contributed by atoms with van der Waals surface area (Å²) in [5.74, 6) is -0.404. The van der Waals surface area contributed by atoms with Crippen molar-refractivity contribution in [2.45, 2.75) is 20.0 Å². The Morgan fingerprint density at radius 1 is 1.43 bits per heavy atom. The van der Waals surface area contributed by atoms with Crippen molar-refractivity contribution < 1.29 is 14.3 Å². The summed E-state index contributed by atoms with van der Waals surface area (Å²) in [6.07, 6.45) is -0.129. The first-order chi connectivity index (χ1) is 10.9. The summed E-state index contributed by atoms with van der Waals surface area (Å²) in [4.78, 5) is 31.6. The molecule has 1 aliphatic heterocycles. The molecule has 1 aliphatic rings. The maximum absolute atomic E-state index is 12.7. The maximum atomic E-state index is 12.7. The standard InChI is InChI=1S/C16H24N4O3/c1-11-4-5-14(12(2)18-11)16(22)20-6-7-23-13(9-20)8-19(3)10-15(17)21/h4-5,13H,6-10H2,1-3H3,(H2,17,21). The highest BCUT2D eigenvalue weighted by atomic mass is 16.5. The van der Waals surface area contributed by atoms with Gasteiger partial charge in [0, 0.05) is 25.3 Å². The predicted molar refractivity (Wildman–Crippen MR) is 86.0 cm³/mol. The lowest BCUT2D eigenvalue weighted by Crippen LogP contribution is -2.50. The van der Waals surface area contributed by atoms with Crippen LogP contribution >= 0.6 is 0 Å². The first-order valence-electron chi connectivity index (χ1n) is 7.68. The second-order valence-corrected chi connectivity index (χ2v) is 5.99. The first kappa shape index (κ1) is 17.4. The Morgan fingerprint density at radius 2 is 2.17 bits per heavy atom. The third-order valence-corrected chi connectivity index (χ3v) is 3.82. The molecule has 0 saturated carbocycles. The normalized spacial score (nSPS) is 18.3. The van der Waals surface area contributed by atoms with Crippen LogP contribution in [0.4, 0.5) is 0 Å². The zero-order valence-electron chi connectivity index (χ0n) is 13.9. The zero-order chi connectivity index (χ0) is 17.0. The van der Waals surface area contributed by atoms with Crippen LogP contribution in [-0.4, -0.2) is 72.5 Å². The fraction of sp³-hybridized carbons (Fsp3) is 0.562. The molecule has 0 bridgehead atoms. The molecule has 0 spiro atoms. The predicted octanol–water partition coefficient (Wildman–Crippen LogP) is -0.0435. The van der Waals surface area contributed by atoms with Crippen molar-refractivity contribution in [1.82, 2.24) is 14.8 Å². The molecule has 1 aromatic rings. The Kier molecular flexibility index (Phi) is 5.68. The van der Waals surface area contributed by atoms with Crippen LogP contribution in [0.5, 0.6) is 0 Å². The molecular weight excluding hydrogens is 296 g/mol. The number of carbonyl (C=O) groups excluding carboxylic acids is 2. The largest absolute Gasteiger partial charge is 0.373 e. The summed E-state index contributed by atoms with van der Waals surface area (Å²) >= 11 is 0. The average Bonchev–Trinajstić information content (AvgIpc) is 2.46. The van der Waals surface area contributed by atoms with Gasteiger partial charge in [0.1, 0.15) is 0 Å². The minimum absolute atomic E-state index is 0.0270. The van der Waals surface area contributed by atoms with Gasteiger partial charge in [-0.2, -0.15) is 0 Å². The van der Waals surface area contributed by atoms with Gasteiger partial charge >= 0.3 is 0 Å². The van der Waals surface area contributed by atoms with Crippen LogP contribution in [0.15, 0.2) is 12.1 Å². The molecule has 0 aliphatic carbocycles. The number of primary amides is 1. The van der Waals surface area contributed by atoms with E-state index in [0.717, 1.165) is 11.4 Å². The topological polar surface area (TPSA) is 88.8 Å². The monoisotopic (exact) mass is 320 g/mol. The third kappa shape index (κ3) is 4.74. The number of aryl methyl sites for hydroxylation is 2. The molecule has 1 saturated heterocycles.